The first-order valence-electron chi connectivity index (χ1n) is 6.82. The number of hydrogen-bond donors (Lipinski definition) is 0. The zero-order valence-electron chi connectivity index (χ0n) is 11.5. The number of carbonyl (C=O) groups excluding carboxylic acids is 1. The summed E-state index contributed by atoms with van der Waals surface area (Å²) in [5.41, 5.74) is -0.740. The van der Waals surface area contributed by atoms with Crippen LogP contribution in [0.15, 0.2) is 15.8 Å². The molecule has 0 bridgehead atoms. The van der Waals surface area contributed by atoms with E-state index in [-0.39, 0.29) is 17.0 Å². The average molecular weight is 264 g/mol. The van der Waals surface area contributed by atoms with Crippen molar-refractivity contribution in [2.75, 3.05) is 0 Å². The summed E-state index contributed by atoms with van der Waals surface area (Å²) in [6.07, 6.45) is 7.32. The number of carbonyl (C=O) groups is 1. The second kappa shape index (κ2) is 5.55. The lowest BCUT2D eigenvalue weighted by Crippen LogP contribution is -2.41. The number of ketones is 1. The van der Waals surface area contributed by atoms with Crippen LogP contribution in [-0.4, -0.2) is 14.9 Å². The standard InChI is InChI=1S/C14H20N2O3/c1-10(17)12-9-16(14(19)15(2)13(12)18)8-11-6-4-3-5-7-11/h9,11H,3-8H2,1-2H3. The zero-order chi connectivity index (χ0) is 14.0. The van der Waals surface area contributed by atoms with Crippen LogP contribution >= 0.6 is 0 Å². The molecule has 0 spiro atoms. The number of nitrogens with zero attached hydrogens (tertiary/aromatic N) is 2. The van der Waals surface area contributed by atoms with E-state index in [9.17, 15) is 14.4 Å². The molecule has 0 radical (unpaired) electrons. The summed E-state index contributed by atoms with van der Waals surface area (Å²) in [6, 6.07) is 0. The SMILES string of the molecule is CC(=O)c1cn(CC2CCCCC2)c(=O)n(C)c1=O. The third-order valence-corrected chi connectivity index (χ3v) is 3.91. The molecule has 1 fully saturated rings. The van der Waals surface area contributed by atoms with Gasteiger partial charge in [0.05, 0.1) is 5.56 Å². The molecule has 0 N–H and O–H groups in total. The molecule has 5 heteroatoms. The largest absolute Gasteiger partial charge is 0.330 e. The van der Waals surface area contributed by atoms with Gasteiger partial charge in [-0.3, -0.25) is 18.7 Å². The van der Waals surface area contributed by atoms with E-state index in [0.29, 0.717) is 12.5 Å². The zero-order valence-corrected chi connectivity index (χ0v) is 11.5. The molecule has 0 aliphatic heterocycles. The van der Waals surface area contributed by atoms with E-state index in [2.05, 4.69) is 0 Å². The fraction of sp³-hybridized carbons (Fsp3) is 0.643. The van der Waals surface area contributed by atoms with Gasteiger partial charge in [-0.15, -0.1) is 0 Å². The fourth-order valence-corrected chi connectivity index (χ4v) is 2.75. The summed E-state index contributed by atoms with van der Waals surface area (Å²) in [7, 11) is 1.43. The van der Waals surface area contributed by atoms with Crippen molar-refractivity contribution in [3.63, 3.8) is 0 Å². The molecule has 1 aliphatic carbocycles. The number of Topliss-reactive ketones (excluding diaryl/α,β-unsaturated/α-hetero) is 1. The summed E-state index contributed by atoms with van der Waals surface area (Å²) in [6.45, 7) is 1.96. The Morgan fingerprint density at radius 2 is 1.89 bits per heavy atom. The average Bonchev–Trinajstić information content (AvgIpc) is 2.40. The van der Waals surface area contributed by atoms with E-state index in [0.717, 1.165) is 17.4 Å². The van der Waals surface area contributed by atoms with Gasteiger partial charge in [-0.05, 0) is 25.7 Å². The molecule has 0 unspecified atom stereocenters. The van der Waals surface area contributed by atoms with Gasteiger partial charge in [0.2, 0.25) is 0 Å². The first-order valence-corrected chi connectivity index (χ1v) is 6.82. The summed E-state index contributed by atoms with van der Waals surface area (Å²) in [5, 5.41) is 0. The highest BCUT2D eigenvalue weighted by Crippen LogP contribution is 2.24. The van der Waals surface area contributed by atoms with Crippen LogP contribution in [0.2, 0.25) is 0 Å². The van der Waals surface area contributed by atoms with Crippen molar-refractivity contribution in [3.8, 4) is 0 Å². The van der Waals surface area contributed by atoms with Crippen LogP contribution in [0.4, 0.5) is 0 Å². The Kier molecular flexibility index (Phi) is 4.02. The van der Waals surface area contributed by atoms with Crippen molar-refractivity contribution in [3.05, 3.63) is 32.6 Å². The number of aromatic nitrogens is 2. The summed E-state index contributed by atoms with van der Waals surface area (Å²) in [4.78, 5) is 35.3. The van der Waals surface area contributed by atoms with Gasteiger partial charge >= 0.3 is 5.69 Å². The number of hydrogen-bond acceptors (Lipinski definition) is 3. The van der Waals surface area contributed by atoms with Crippen molar-refractivity contribution in [1.82, 2.24) is 9.13 Å². The first-order chi connectivity index (χ1) is 9.00. The fourth-order valence-electron chi connectivity index (χ4n) is 2.75. The van der Waals surface area contributed by atoms with Crippen LogP contribution in [0, 0.1) is 5.92 Å². The van der Waals surface area contributed by atoms with E-state index < -0.39 is 5.56 Å². The summed E-state index contributed by atoms with van der Waals surface area (Å²) >= 11 is 0. The Hall–Kier alpha value is -1.65. The van der Waals surface area contributed by atoms with Gasteiger partial charge in [0.15, 0.2) is 5.78 Å². The van der Waals surface area contributed by atoms with Gasteiger partial charge in [-0.2, -0.15) is 0 Å². The molecule has 2 rings (SSSR count). The lowest BCUT2D eigenvalue weighted by molar-refractivity contribution is 0.101. The molecule has 1 aromatic heterocycles. The summed E-state index contributed by atoms with van der Waals surface area (Å²) in [5.74, 6) is 0.182. The smallest absolute Gasteiger partial charge is 0.299 e. The van der Waals surface area contributed by atoms with Gasteiger partial charge in [-0.1, -0.05) is 19.3 Å². The lowest BCUT2D eigenvalue weighted by Gasteiger charge is -2.22. The monoisotopic (exact) mass is 264 g/mol. The van der Waals surface area contributed by atoms with Gasteiger partial charge in [0.25, 0.3) is 5.56 Å². The molecule has 19 heavy (non-hydrogen) atoms. The van der Waals surface area contributed by atoms with Crippen molar-refractivity contribution >= 4 is 5.78 Å². The topological polar surface area (TPSA) is 61.1 Å². The van der Waals surface area contributed by atoms with Gasteiger partial charge < -0.3 is 0 Å². The highest BCUT2D eigenvalue weighted by atomic mass is 16.2. The van der Waals surface area contributed by atoms with Crippen molar-refractivity contribution in [2.45, 2.75) is 45.6 Å². The Morgan fingerprint density at radius 1 is 1.26 bits per heavy atom. The quantitative estimate of drug-likeness (QED) is 0.774. The summed E-state index contributed by atoms with van der Waals surface area (Å²) < 4.78 is 2.55. The van der Waals surface area contributed by atoms with Crippen LogP contribution in [0.25, 0.3) is 0 Å². The van der Waals surface area contributed by atoms with Crippen molar-refractivity contribution in [2.24, 2.45) is 13.0 Å². The molecular formula is C14H20N2O3. The Bertz CT molecular complexity index is 592. The van der Waals surface area contributed by atoms with Crippen LogP contribution in [0.3, 0.4) is 0 Å². The van der Waals surface area contributed by atoms with Crippen molar-refractivity contribution in [1.29, 1.82) is 0 Å². The molecule has 1 aliphatic rings. The second-order valence-electron chi connectivity index (χ2n) is 5.40. The van der Waals surface area contributed by atoms with E-state index in [1.54, 1.807) is 0 Å². The molecule has 5 nitrogen and oxygen atoms in total. The molecule has 1 saturated carbocycles. The van der Waals surface area contributed by atoms with E-state index in [1.165, 1.54) is 44.0 Å². The highest BCUT2D eigenvalue weighted by molar-refractivity contribution is 5.93. The van der Waals surface area contributed by atoms with Crippen LogP contribution in [-0.2, 0) is 13.6 Å². The van der Waals surface area contributed by atoms with E-state index >= 15 is 0 Å². The molecule has 1 aromatic rings. The Morgan fingerprint density at radius 3 is 2.47 bits per heavy atom. The molecule has 0 aromatic carbocycles. The van der Waals surface area contributed by atoms with Gasteiger partial charge in [0, 0.05) is 19.8 Å². The maximum atomic E-state index is 12.1. The van der Waals surface area contributed by atoms with Crippen LogP contribution < -0.4 is 11.2 Å². The van der Waals surface area contributed by atoms with E-state index in [4.69, 9.17) is 0 Å². The third-order valence-electron chi connectivity index (χ3n) is 3.91. The first kappa shape index (κ1) is 13.8. The Labute approximate surface area is 111 Å². The Balaban J connectivity index is 2.37. The molecule has 1 heterocycles. The minimum atomic E-state index is -0.502. The minimum absolute atomic E-state index is 0.0953. The molecule has 104 valence electrons. The van der Waals surface area contributed by atoms with Gasteiger partial charge in [-0.25, -0.2) is 4.79 Å². The molecular weight excluding hydrogens is 244 g/mol. The molecule has 0 amide bonds. The van der Waals surface area contributed by atoms with Crippen LogP contribution in [0.1, 0.15) is 49.4 Å². The predicted octanol–water partition coefficient (Wildman–Crippen LogP) is 1.33. The molecule has 0 atom stereocenters. The number of rotatable bonds is 3. The lowest BCUT2D eigenvalue weighted by atomic mass is 9.89. The van der Waals surface area contributed by atoms with E-state index in [1.807, 2.05) is 0 Å². The van der Waals surface area contributed by atoms with Gasteiger partial charge in [0.1, 0.15) is 0 Å². The van der Waals surface area contributed by atoms with Crippen molar-refractivity contribution < 1.29 is 4.79 Å². The van der Waals surface area contributed by atoms with Crippen LogP contribution in [0.5, 0.6) is 0 Å². The predicted molar refractivity (Wildman–Crippen MR) is 72.5 cm³/mol. The molecule has 0 saturated heterocycles. The highest BCUT2D eigenvalue weighted by Gasteiger charge is 2.17. The second-order valence-corrected chi connectivity index (χ2v) is 5.40. The third kappa shape index (κ3) is 2.85. The maximum Gasteiger partial charge on any atom is 0.330 e. The minimum Gasteiger partial charge on any atom is -0.299 e. The normalized spacial score (nSPS) is 16.5. The maximum absolute atomic E-state index is 12.1.